The van der Waals surface area contributed by atoms with E-state index in [4.69, 9.17) is 53.2 Å². The number of benzene rings is 3. The Kier molecular flexibility index (Phi) is 16.9. The molecule has 26 nitrogen and oxygen atoms in total. The van der Waals surface area contributed by atoms with Crippen LogP contribution in [0.4, 0.5) is 26.1 Å². The predicted molar refractivity (Wildman–Crippen MR) is 304 cm³/mol. The molecule has 4 aliphatic heterocycles. The normalized spacial score (nSPS) is 26.1. The van der Waals surface area contributed by atoms with Crippen LogP contribution in [0.25, 0.3) is 44.8 Å². The average molecular weight is 1210 g/mol. The van der Waals surface area contributed by atoms with Gasteiger partial charge >= 0.3 is 6.80 Å². The minimum Gasteiger partial charge on any atom is -0.491 e. The van der Waals surface area contributed by atoms with Crippen molar-refractivity contribution in [1.29, 1.82) is 0 Å². The first-order valence-corrected chi connectivity index (χ1v) is 32.1. The van der Waals surface area contributed by atoms with Gasteiger partial charge in [-0.2, -0.15) is 0 Å². The van der Waals surface area contributed by atoms with Crippen LogP contribution in [0.15, 0.2) is 98.1 Å². The Morgan fingerprint density at radius 2 is 1.36 bits per heavy atom. The summed E-state index contributed by atoms with van der Waals surface area (Å²) in [6, 6.07) is 22.8. The third kappa shape index (κ3) is 11.8. The van der Waals surface area contributed by atoms with E-state index in [0.29, 0.717) is 56.3 Å². The van der Waals surface area contributed by atoms with Crippen molar-refractivity contribution in [1.82, 2.24) is 54.0 Å². The summed E-state index contributed by atoms with van der Waals surface area (Å²) in [6.07, 6.45) is -7.02. The molecule has 10 atom stereocenters. The second kappa shape index (κ2) is 24.6. The summed E-state index contributed by atoms with van der Waals surface area (Å²) in [5, 5.41) is 9.17. The molecule has 1 amide bonds. The van der Waals surface area contributed by atoms with Gasteiger partial charge in [0.15, 0.2) is 47.7 Å². The first-order chi connectivity index (χ1) is 40.8. The molecule has 0 aliphatic carbocycles. The molecule has 4 aliphatic rings. The maximum atomic E-state index is 17.0. The van der Waals surface area contributed by atoms with Gasteiger partial charge in [0.05, 0.1) is 76.8 Å². The van der Waals surface area contributed by atoms with Crippen molar-refractivity contribution >= 4 is 78.8 Å². The SMILES string of the molecule is B[P@]1(=O)OC[C@H]2O[C@@H](n3cnc4c(N)ncnc43)[C@H](F)[C@@H]2O[P@@](=O)(SCc2ccc(OCCOCCOCCn3nnc4c3-c3ccccc3CN(C(=O)CCC)c3ccccc3-4)cc2)OC[C@H]2O[C@@H](n3cnc4c(N)ncnc43)[C@H](F)[C@@H]2O1. The zero-order valence-electron chi connectivity index (χ0n) is 45.3. The maximum absolute atomic E-state index is 17.0. The predicted octanol–water partition coefficient (Wildman–Crippen LogP) is 6.59. The number of carbonyl (C=O) groups is 1. The number of nitrogens with zero attached hydrogens (tertiary/aromatic N) is 12. The van der Waals surface area contributed by atoms with E-state index in [1.54, 1.807) is 24.3 Å². The Hall–Kier alpha value is -6.82. The van der Waals surface area contributed by atoms with Gasteiger partial charge in [0.1, 0.15) is 66.2 Å². The fraction of sp³-hybridized carbons (Fsp3) is 0.404. The largest absolute Gasteiger partial charge is 0.491 e. The minimum atomic E-state index is -4.51. The molecule has 8 aromatic rings. The molecule has 84 heavy (non-hydrogen) atoms. The number of carbonyl (C=O) groups excluding carboxylic acids is 1. The number of nitrogen functional groups attached to an aromatic ring is 2. The number of anilines is 3. The second-order valence-corrected chi connectivity index (χ2v) is 26.1. The number of alkyl halides is 2. The molecule has 440 valence electrons. The molecule has 0 unspecified atom stereocenters. The van der Waals surface area contributed by atoms with Gasteiger partial charge in [-0.05, 0) is 47.1 Å². The third-order valence-corrected chi connectivity index (χ3v) is 19.4. The second-order valence-electron chi connectivity index (χ2n) is 20.0. The lowest BCUT2D eigenvalue weighted by molar-refractivity contribution is -0.118. The van der Waals surface area contributed by atoms with Gasteiger partial charge < -0.3 is 49.1 Å². The molecule has 0 saturated carbocycles. The quantitative estimate of drug-likeness (QED) is 0.0552. The highest BCUT2D eigenvalue weighted by atomic mass is 32.7. The Balaban J connectivity index is 0.669. The highest BCUT2D eigenvalue weighted by Gasteiger charge is 2.55. The number of halogens is 2. The number of para-hydroxylation sites is 1. The van der Waals surface area contributed by atoms with Gasteiger partial charge in [0, 0.05) is 23.3 Å². The number of imidazole rings is 2. The van der Waals surface area contributed by atoms with E-state index < -0.39 is 76.7 Å². The lowest BCUT2D eigenvalue weighted by Gasteiger charge is -2.30. The van der Waals surface area contributed by atoms with E-state index in [2.05, 4.69) is 40.2 Å². The first kappa shape index (κ1) is 57.6. The van der Waals surface area contributed by atoms with Gasteiger partial charge in [0.2, 0.25) is 5.91 Å². The molecule has 9 heterocycles. The van der Waals surface area contributed by atoms with E-state index in [0.717, 1.165) is 53.4 Å². The molecule has 12 rings (SSSR count). The number of hydrogen-bond acceptors (Lipinski definition) is 23. The van der Waals surface area contributed by atoms with Crippen molar-refractivity contribution in [3.63, 3.8) is 0 Å². The van der Waals surface area contributed by atoms with Crippen molar-refractivity contribution in [2.45, 2.75) is 87.8 Å². The van der Waals surface area contributed by atoms with Crippen LogP contribution in [-0.2, 0) is 69.8 Å². The molecular weight excluding hydrogens is 1160 g/mol. The summed E-state index contributed by atoms with van der Waals surface area (Å²) >= 11 is 0.745. The Labute approximate surface area is 483 Å². The summed E-state index contributed by atoms with van der Waals surface area (Å²) in [5.74, 6) is 0.692. The highest BCUT2D eigenvalue weighted by molar-refractivity contribution is 8.54. The summed E-state index contributed by atoms with van der Waals surface area (Å²) < 4.78 is 121. The lowest BCUT2D eigenvalue weighted by Crippen LogP contribution is -2.37. The van der Waals surface area contributed by atoms with Gasteiger partial charge in [-0.3, -0.25) is 27.5 Å². The molecule has 3 fully saturated rings. The van der Waals surface area contributed by atoms with Crippen LogP contribution in [0.2, 0.25) is 0 Å². The highest BCUT2D eigenvalue weighted by Crippen LogP contribution is 2.65. The summed E-state index contributed by atoms with van der Waals surface area (Å²) in [4.78, 5) is 40.0. The fourth-order valence-corrected chi connectivity index (χ4v) is 15.0. The number of ether oxygens (including phenoxy) is 5. The van der Waals surface area contributed by atoms with Crippen LogP contribution < -0.4 is 21.1 Å². The molecule has 3 saturated heterocycles. The minimum absolute atomic E-state index is 0.0188. The Morgan fingerprint density at radius 3 is 2.04 bits per heavy atom. The number of hydrogen-bond donors (Lipinski definition) is 2. The number of nitrogens with two attached hydrogens (primary N) is 2. The van der Waals surface area contributed by atoms with Crippen LogP contribution in [0.1, 0.15) is 43.3 Å². The molecule has 5 aromatic heterocycles. The zero-order chi connectivity index (χ0) is 58.1. The molecule has 32 heteroatoms. The van der Waals surface area contributed by atoms with E-state index in [9.17, 15) is 9.36 Å². The van der Waals surface area contributed by atoms with Crippen molar-refractivity contribution in [3.05, 3.63) is 109 Å². The van der Waals surface area contributed by atoms with Gasteiger partial charge in [-0.25, -0.2) is 47.9 Å². The summed E-state index contributed by atoms with van der Waals surface area (Å²) in [5.41, 5.74) is 18.5. The van der Waals surface area contributed by atoms with Gasteiger partial charge in [-0.15, -0.1) is 5.10 Å². The van der Waals surface area contributed by atoms with Crippen LogP contribution in [0.5, 0.6) is 5.75 Å². The van der Waals surface area contributed by atoms with E-state index in [1.807, 2.05) is 65.0 Å². The van der Waals surface area contributed by atoms with E-state index in [-0.39, 0.29) is 58.8 Å². The molecule has 0 radical (unpaired) electrons. The standard InChI is InChI=1S/C52H57BF2N14O12P2S/c1-2-7-38(70)66-22-31-8-3-4-9-33(31)44-41(34-10-5-6-11-35(34)66)64-65-69(44)16-17-73-18-19-74-20-21-75-32-14-12-30(13-15-32)25-84-83(72)77-24-37-45(39(54)51(79-37)67-28-62-42-47(56)58-26-60-49(42)67)80-82(53,71)76-23-36-46(81-83)40(55)52(78-36)68-29-63-43-48(57)59-27-61-50(43)68/h3-6,8-15,26-29,36-37,39-40,45-46,51-52H,2,7,16-25,53H2,1H3,(H2,56,58,60)(H2,57,59,61)/t36-,37-,39-,40-,45-,46-,51-,52-,82+,83+/m1/s1. The molecule has 0 spiro atoms. The lowest BCUT2D eigenvalue weighted by atomic mass is 9.95. The van der Waals surface area contributed by atoms with Crippen LogP contribution in [0.3, 0.4) is 0 Å². The zero-order valence-corrected chi connectivity index (χ0v) is 47.9. The van der Waals surface area contributed by atoms with Crippen molar-refractivity contribution < 1.29 is 64.5 Å². The van der Waals surface area contributed by atoms with Gasteiger partial charge in [-0.1, -0.05) is 66.7 Å². The van der Waals surface area contributed by atoms with E-state index >= 15 is 13.3 Å². The number of rotatable bonds is 17. The maximum Gasteiger partial charge on any atom is 0.389 e. The fourth-order valence-electron chi connectivity index (χ4n) is 10.4. The van der Waals surface area contributed by atoms with Crippen molar-refractivity contribution in [2.75, 3.05) is 62.6 Å². The summed E-state index contributed by atoms with van der Waals surface area (Å²) in [6.45, 7) is -1.42. The Morgan fingerprint density at radius 1 is 0.750 bits per heavy atom. The van der Waals surface area contributed by atoms with Crippen LogP contribution in [0, 0.1) is 0 Å². The van der Waals surface area contributed by atoms with Crippen LogP contribution >= 0.6 is 25.7 Å². The average Bonchev–Trinajstić information content (AvgIpc) is 2.21. The van der Waals surface area contributed by atoms with Crippen LogP contribution in [-0.4, -0.2) is 151 Å². The monoisotopic (exact) mass is 1210 g/mol. The number of amides is 1. The first-order valence-electron chi connectivity index (χ1n) is 27.0. The molecular formula is C52H57BF2N14O12P2S. The molecule has 4 N–H and O–H groups in total. The molecule has 3 aromatic carbocycles. The third-order valence-electron chi connectivity index (χ3n) is 14.5. The summed E-state index contributed by atoms with van der Waals surface area (Å²) in [7, 11) is -3.08. The number of aromatic nitrogens is 11. The van der Waals surface area contributed by atoms with Crippen molar-refractivity contribution in [2.24, 2.45) is 0 Å². The Bertz CT molecular complexity index is 3780. The topological polar surface area (TPSA) is 307 Å². The number of fused-ring (bicyclic) bond motifs is 9. The van der Waals surface area contributed by atoms with Gasteiger partial charge in [0.25, 0.3) is 15.0 Å². The van der Waals surface area contributed by atoms with E-state index in [1.165, 1.54) is 34.4 Å². The molecule has 0 bridgehead atoms. The van der Waals surface area contributed by atoms with Crippen molar-refractivity contribution in [3.8, 4) is 28.3 Å². The smallest absolute Gasteiger partial charge is 0.389 e.